The zero-order chi connectivity index (χ0) is 23.8. The lowest BCUT2D eigenvalue weighted by Crippen LogP contribution is -2.23. The lowest BCUT2D eigenvalue weighted by molar-refractivity contribution is 0.0950. The number of aryl methyl sites for hydroxylation is 1. The minimum absolute atomic E-state index is 0.0726. The maximum Gasteiger partial charge on any atom is 0.251 e. The number of nitrogens with zero attached hydrogens (tertiary/aromatic N) is 2. The van der Waals surface area contributed by atoms with Crippen LogP contribution in [0.25, 0.3) is 21.8 Å². The van der Waals surface area contributed by atoms with Gasteiger partial charge in [-0.05, 0) is 69.3 Å². The number of hydrogen-bond donors (Lipinski definition) is 1. The van der Waals surface area contributed by atoms with E-state index in [0.29, 0.717) is 11.3 Å². The van der Waals surface area contributed by atoms with Crippen LogP contribution in [0, 0.1) is 0 Å². The van der Waals surface area contributed by atoms with E-state index in [1.165, 1.54) is 12.3 Å². The summed E-state index contributed by atoms with van der Waals surface area (Å²) >= 11 is 0. The van der Waals surface area contributed by atoms with Crippen LogP contribution in [0.5, 0.6) is 5.75 Å². The number of amides is 1. The maximum absolute atomic E-state index is 12.8. The molecule has 2 aromatic heterocycles. The first-order chi connectivity index (χ1) is 15.7. The molecule has 0 atom stereocenters. The minimum Gasteiger partial charge on any atom is -0.491 e. The highest BCUT2D eigenvalue weighted by atomic mass is 32.2. The molecule has 33 heavy (non-hydrogen) atoms. The van der Waals surface area contributed by atoms with Crippen molar-refractivity contribution in [1.29, 1.82) is 0 Å². The quantitative estimate of drug-likeness (QED) is 0.439. The van der Waals surface area contributed by atoms with Gasteiger partial charge in [0.1, 0.15) is 5.75 Å². The molecule has 0 saturated carbocycles. The normalized spacial score (nSPS) is 11.9. The number of rotatable bonds is 7. The first-order valence-electron chi connectivity index (χ1n) is 10.8. The molecule has 0 fully saturated rings. The Morgan fingerprint density at radius 2 is 1.76 bits per heavy atom. The van der Waals surface area contributed by atoms with E-state index in [2.05, 4.69) is 27.9 Å². The second-order valence-corrected chi connectivity index (χ2v) is 10.3. The predicted molar refractivity (Wildman–Crippen MR) is 129 cm³/mol. The Morgan fingerprint density at radius 1 is 1.06 bits per heavy atom. The van der Waals surface area contributed by atoms with Crippen molar-refractivity contribution in [1.82, 2.24) is 14.9 Å². The smallest absolute Gasteiger partial charge is 0.251 e. The molecule has 8 heteroatoms. The third-order valence-electron chi connectivity index (χ3n) is 5.44. The average Bonchev–Trinajstić information content (AvgIpc) is 3.09. The van der Waals surface area contributed by atoms with E-state index in [9.17, 15) is 13.2 Å². The van der Waals surface area contributed by atoms with Gasteiger partial charge in [0.25, 0.3) is 5.91 Å². The monoisotopic (exact) mass is 465 g/mol. The second kappa shape index (κ2) is 8.86. The van der Waals surface area contributed by atoms with Gasteiger partial charge in [0, 0.05) is 46.4 Å². The second-order valence-electron chi connectivity index (χ2n) is 8.26. The van der Waals surface area contributed by atoms with Crippen LogP contribution in [-0.2, 0) is 22.9 Å². The van der Waals surface area contributed by atoms with Gasteiger partial charge in [0.15, 0.2) is 9.84 Å². The molecular weight excluding hydrogens is 438 g/mol. The van der Waals surface area contributed by atoms with Gasteiger partial charge in [-0.2, -0.15) is 0 Å². The van der Waals surface area contributed by atoms with Gasteiger partial charge in [-0.15, -0.1) is 0 Å². The third-order valence-corrected chi connectivity index (χ3v) is 6.54. The van der Waals surface area contributed by atoms with Gasteiger partial charge in [-0.25, -0.2) is 8.42 Å². The van der Waals surface area contributed by atoms with Gasteiger partial charge < -0.3 is 14.6 Å². The first kappa shape index (κ1) is 22.8. The Balaban J connectivity index is 1.62. The molecule has 1 amide bonds. The van der Waals surface area contributed by atoms with Crippen molar-refractivity contribution in [2.75, 3.05) is 6.26 Å². The fourth-order valence-corrected chi connectivity index (χ4v) is 4.48. The molecule has 0 unspecified atom stereocenters. The van der Waals surface area contributed by atoms with E-state index in [1.807, 2.05) is 44.2 Å². The molecule has 2 aromatic carbocycles. The summed E-state index contributed by atoms with van der Waals surface area (Å²) in [5, 5.41) is 4.89. The van der Waals surface area contributed by atoms with Crippen LogP contribution in [0.15, 0.2) is 59.6 Å². The highest BCUT2D eigenvalue weighted by Crippen LogP contribution is 2.32. The number of fused-ring (bicyclic) bond motifs is 3. The Morgan fingerprint density at radius 3 is 2.36 bits per heavy atom. The van der Waals surface area contributed by atoms with E-state index in [4.69, 9.17) is 4.74 Å². The predicted octanol–water partition coefficient (Wildman–Crippen LogP) is 4.33. The number of carbonyl (C=O) groups excluding carboxylic acids is 1. The van der Waals surface area contributed by atoms with Crippen molar-refractivity contribution in [3.05, 3.63) is 66.0 Å². The van der Waals surface area contributed by atoms with Gasteiger partial charge >= 0.3 is 0 Å². The van der Waals surface area contributed by atoms with E-state index >= 15 is 0 Å². The Labute approximate surface area is 193 Å². The first-order valence-corrected chi connectivity index (χ1v) is 12.7. The third kappa shape index (κ3) is 4.71. The van der Waals surface area contributed by atoms with Crippen molar-refractivity contribution in [3.8, 4) is 5.75 Å². The highest BCUT2D eigenvalue weighted by Gasteiger charge is 2.15. The standard InChI is InChI=1S/C25H27N3O4S/c1-5-28-23-10-6-17(12-21(23)22-13-19(32-16(2)3)8-11-24(22)28)25(29)27-14-18-7-9-20(15-26-18)33(4,30)31/h6-13,15-16H,5,14H2,1-4H3,(H,27,29). The largest absolute Gasteiger partial charge is 0.491 e. The number of hydrogen-bond acceptors (Lipinski definition) is 5. The summed E-state index contributed by atoms with van der Waals surface area (Å²) in [5.74, 6) is 0.573. The molecular formula is C25H27N3O4S. The maximum atomic E-state index is 12.8. The molecule has 172 valence electrons. The van der Waals surface area contributed by atoms with E-state index in [1.54, 1.807) is 6.07 Å². The molecule has 0 radical (unpaired) electrons. The zero-order valence-corrected chi connectivity index (χ0v) is 19.9. The molecule has 0 aliphatic rings. The Bertz CT molecular complexity index is 1440. The SMILES string of the molecule is CCn1c2ccc(OC(C)C)cc2c2cc(C(=O)NCc3ccc(S(C)(=O)=O)cn3)ccc21. The van der Waals surface area contributed by atoms with Gasteiger partial charge in [0.05, 0.1) is 23.2 Å². The molecule has 4 aromatic rings. The number of aromatic nitrogens is 2. The highest BCUT2D eigenvalue weighted by molar-refractivity contribution is 7.90. The summed E-state index contributed by atoms with van der Waals surface area (Å²) in [4.78, 5) is 17.1. The van der Waals surface area contributed by atoms with Crippen LogP contribution in [0.3, 0.4) is 0 Å². The molecule has 0 aliphatic heterocycles. The van der Waals surface area contributed by atoms with Crippen molar-refractivity contribution in [2.24, 2.45) is 0 Å². The minimum atomic E-state index is -3.30. The molecule has 0 spiro atoms. The zero-order valence-electron chi connectivity index (χ0n) is 19.1. The number of ether oxygens (including phenoxy) is 1. The van der Waals surface area contributed by atoms with Crippen LogP contribution in [0.4, 0.5) is 0 Å². The summed E-state index contributed by atoms with van der Waals surface area (Å²) in [7, 11) is -3.30. The number of nitrogens with one attached hydrogen (secondary N) is 1. The summed E-state index contributed by atoms with van der Waals surface area (Å²) < 4.78 is 31.2. The van der Waals surface area contributed by atoms with Crippen molar-refractivity contribution in [3.63, 3.8) is 0 Å². The molecule has 2 heterocycles. The molecule has 0 aliphatic carbocycles. The summed E-state index contributed by atoms with van der Waals surface area (Å²) in [6.07, 6.45) is 2.51. The molecule has 0 bridgehead atoms. The molecule has 1 N–H and O–H groups in total. The van der Waals surface area contributed by atoms with Crippen molar-refractivity contribution in [2.45, 2.75) is 44.9 Å². The van der Waals surface area contributed by atoms with Crippen LogP contribution in [0.2, 0.25) is 0 Å². The molecule has 4 rings (SSSR count). The lowest BCUT2D eigenvalue weighted by atomic mass is 10.1. The molecule has 7 nitrogen and oxygen atoms in total. The van der Waals surface area contributed by atoms with E-state index in [0.717, 1.165) is 40.4 Å². The number of carbonyl (C=O) groups is 1. The van der Waals surface area contributed by atoms with Gasteiger partial charge in [0.2, 0.25) is 0 Å². The Kier molecular flexibility index (Phi) is 6.12. The van der Waals surface area contributed by atoms with Crippen molar-refractivity contribution < 1.29 is 17.9 Å². The van der Waals surface area contributed by atoms with Crippen LogP contribution < -0.4 is 10.1 Å². The average molecular weight is 466 g/mol. The van der Waals surface area contributed by atoms with Crippen LogP contribution in [0.1, 0.15) is 36.8 Å². The number of pyridine rings is 1. The molecule has 0 saturated heterocycles. The van der Waals surface area contributed by atoms with Crippen molar-refractivity contribution >= 4 is 37.6 Å². The van der Waals surface area contributed by atoms with Gasteiger partial charge in [-0.1, -0.05) is 0 Å². The summed E-state index contributed by atoms with van der Waals surface area (Å²) in [5.41, 5.74) is 3.27. The fraction of sp³-hybridized carbons (Fsp3) is 0.280. The fourth-order valence-electron chi connectivity index (χ4n) is 3.92. The lowest BCUT2D eigenvalue weighted by Gasteiger charge is -2.10. The van der Waals surface area contributed by atoms with Gasteiger partial charge in [-0.3, -0.25) is 9.78 Å². The summed E-state index contributed by atoms with van der Waals surface area (Å²) in [6, 6.07) is 14.8. The number of benzene rings is 2. The number of sulfone groups is 1. The van der Waals surface area contributed by atoms with Crippen LogP contribution in [-0.4, -0.2) is 36.2 Å². The van der Waals surface area contributed by atoms with Crippen LogP contribution >= 0.6 is 0 Å². The summed E-state index contributed by atoms with van der Waals surface area (Å²) in [6.45, 7) is 7.09. The topological polar surface area (TPSA) is 90.3 Å². The Hall–Kier alpha value is -3.39. The van der Waals surface area contributed by atoms with E-state index < -0.39 is 9.84 Å². The van der Waals surface area contributed by atoms with E-state index in [-0.39, 0.29) is 23.5 Å².